The van der Waals surface area contributed by atoms with Gasteiger partial charge in [0.25, 0.3) is 5.22 Å². The van der Waals surface area contributed by atoms with Crippen molar-refractivity contribution in [2.45, 2.75) is 29.9 Å². The number of carbonyl (C=O) groups excluding carboxylic acids is 1. The van der Waals surface area contributed by atoms with E-state index in [1.807, 2.05) is 24.3 Å². The Balaban J connectivity index is 1.73. The third kappa shape index (κ3) is 4.29. The predicted molar refractivity (Wildman–Crippen MR) is 110 cm³/mol. The van der Waals surface area contributed by atoms with E-state index < -0.39 is 10.0 Å². The highest BCUT2D eigenvalue weighted by molar-refractivity contribution is 7.99. The smallest absolute Gasteiger partial charge is 0.257 e. The fraction of sp³-hybridized carbons (Fsp3) is 0.300. The Bertz CT molecular complexity index is 1100. The van der Waals surface area contributed by atoms with Crippen molar-refractivity contribution in [2.24, 2.45) is 0 Å². The zero-order valence-electron chi connectivity index (χ0n) is 16.2. The van der Waals surface area contributed by atoms with E-state index in [4.69, 9.17) is 4.42 Å². The highest BCUT2D eigenvalue weighted by Crippen LogP contribution is 2.27. The van der Waals surface area contributed by atoms with Gasteiger partial charge in [0, 0.05) is 19.7 Å². The lowest BCUT2D eigenvalue weighted by molar-refractivity contribution is 0.102. The topological polar surface area (TPSA) is 80.5 Å². The molecule has 1 heterocycles. The number of aromatic nitrogens is 1. The Morgan fingerprint density at radius 3 is 2.43 bits per heavy atom. The molecule has 0 saturated heterocycles. The van der Waals surface area contributed by atoms with Gasteiger partial charge in [-0.05, 0) is 29.7 Å². The Morgan fingerprint density at radius 1 is 1.14 bits per heavy atom. The van der Waals surface area contributed by atoms with Crippen molar-refractivity contribution in [3.8, 4) is 0 Å². The van der Waals surface area contributed by atoms with E-state index in [9.17, 15) is 13.2 Å². The van der Waals surface area contributed by atoms with Crippen LogP contribution in [0.4, 0.5) is 0 Å². The number of oxazole rings is 1. The standard InChI is InChI=1S/C20H22N2O4S2/c1-13(2)14-5-7-15(8-6-14)18(23)12-27-20-21-17-11-16(9-10-19(17)26-20)28(24,25)22(3)4/h5-11,13H,12H2,1-4H3. The van der Waals surface area contributed by atoms with Gasteiger partial charge in [-0.3, -0.25) is 4.79 Å². The highest BCUT2D eigenvalue weighted by Gasteiger charge is 2.19. The molecule has 8 heteroatoms. The average Bonchev–Trinajstić information content (AvgIpc) is 3.08. The van der Waals surface area contributed by atoms with E-state index in [0.717, 1.165) is 4.31 Å². The number of fused-ring (bicyclic) bond motifs is 1. The molecule has 6 nitrogen and oxygen atoms in total. The van der Waals surface area contributed by atoms with Gasteiger partial charge in [0.2, 0.25) is 10.0 Å². The van der Waals surface area contributed by atoms with Gasteiger partial charge >= 0.3 is 0 Å². The average molecular weight is 419 g/mol. The van der Waals surface area contributed by atoms with Crippen LogP contribution < -0.4 is 0 Å². The molecule has 0 aliphatic carbocycles. The minimum atomic E-state index is -3.54. The monoisotopic (exact) mass is 418 g/mol. The first kappa shape index (κ1) is 20.6. The summed E-state index contributed by atoms with van der Waals surface area (Å²) in [6.07, 6.45) is 0. The maximum absolute atomic E-state index is 12.4. The number of hydrogen-bond acceptors (Lipinski definition) is 6. The van der Waals surface area contributed by atoms with Crippen molar-refractivity contribution in [1.82, 2.24) is 9.29 Å². The van der Waals surface area contributed by atoms with Gasteiger partial charge in [-0.25, -0.2) is 17.7 Å². The first-order valence-corrected chi connectivity index (χ1v) is 11.2. The Hall–Kier alpha value is -2.16. The number of benzene rings is 2. The summed E-state index contributed by atoms with van der Waals surface area (Å²) in [5.74, 6) is 0.592. The molecule has 0 spiro atoms. The highest BCUT2D eigenvalue weighted by atomic mass is 32.2. The number of sulfonamides is 1. The first-order chi connectivity index (χ1) is 13.2. The summed E-state index contributed by atoms with van der Waals surface area (Å²) < 4.78 is 31.2. The Morgan fingerprint density at radius 2 is 1.82 bits per heavy atom. The number of carbonyl (C=O) groups is 1. The number of ketones is 1. The molecule has 2 aromatic carbocycles. The zero-order chi connectivity index (χ0) is 20.5. The maximum atomic E-state index is 12.4. The fourth-order valence-electron chi connectivity index (χ4n) is 2.58. The summed E-state index contributed by atoms with van der Waals surface area (Å²) in [5, 5.41) is 0.335. The molecule has 0 atom stereocenters. The van der Waals surface area contributed by atoms with Gasteiger partial charge in [-0.2, -0.15) is 0 Å². The van der Waals surface area contributed by atoms with Gasteiger partial charge in [0.15, 0.2) is 11.4 Å². The third-order valence-electron chi connectivity index (χ3n) is 4.34. The maximum Gasteiger partial charge on any atom is 0.257 e. The molecule has 0 N–H and O–H groups in total. The quantitative estimate of drug-likeness (QED) is 0.423. The first-order valence-electron chi connectivity index (χ1n) is 8.77. The van der Waals surface area contributed by atoms with Gasteiger partial charge in [0.1, 0.15) is 5.52 Å². The van der Waals surface area contributed by atoms with E-state index in [1.54, 1.807) is 6.07 Å². The SMILES string of the molecule is CC(C)c1ccc(C(=O)CSc2nc3cc(S(=O)(=O)N(C)C)ccc3o2)cc1. The molecule has 0 amide bonds. The molecule has 0 radical (unpaired) electrons. The largest absolute Gasteiger partial charge is 0.431 e. The summed E-state index contributed by atoms with van der Waals surface area (Å²) >= 11 is 1.19. The van der Waals surface area contributed by atoms with E-state index >= 15 is 0 Å². The summed E-state index contributed by atoms with van der Waals surface area (Å²) in [5.41, 5.74) is 2.76. The summed E-state index contributed by atoms with van der Waals surface area (Å²) in [7, 11) is -0.590. The van der Waals surface area contributed by atoms with E-state index in [-0.39, 0.29) is 16.4 Å². The number of Topliss-reactive ketones (excluding diaryl/α,β-unsaturated/α-hetero) is 1. The van der Waals surface area contributed by atoms with Crippen molar-refractivity contribution in [1.29, 1.82) is 0 Å². The molecule has 3 rings (SSSR count). The molecule has 0 fully saturated rings. The van der Waals surface area contributed by atoms with Crippen LogP contribution >= 0.6 is 11.8 Å². The van der Waals surface area contributed by atoms with Crippen LogP contribution in [0.25, 0.3) is 11.1 Å². The summed E-state index contributed by atoms with van der Waals surface area (Å²) in [4.78, 5) is 16.9. The summed E-state index contributed by atoms with van der Waals surface area (Å²) in [6.45, 7) is 4.21. The Labute approximate surface area is 169 Å². The molecule has 3 aromatic rings. The molecule has 0 aliphatic heterocycles. The van der Waals surface area contributed by atoms with Crippen LogP contribution in [0.5, 0.6) is 0 Å². The minimum Gasteiger partial charge on any atom is -0.431 e. The van der Waals surface area contributed by atoms with Crippen LogP contribution in [0.1, 0.15) is 35.7 Å². The van der Waals surface area contributed by atoms with Crippen LogP contribution in [0.2, 0.25) is 0 Å². The summed E-state index contributed by atoms with van der Waals surface area (Å²) in [6, 6.07) is 12.1. The normalized spacial score (nSPS) is 12.2. The Kier molecular flexibility index (Phi) is 5.92. The number of thioether (sulfide) groups is 1. The second-order valence-electron chi connectivity index (χ2n) is 6.89. The van der Waals surface area contributed by atoms with Crippen molar-refractivity contribution in [3.05, 3.63) is 53.6 Å². The van der Waals surface area contributed by atoms with Crippen LogP contribution in [-0.4, -0.2) is 43.3 Å². The molecule has 148 valence electrons. The van der Waals surface area contributed by atoms with Crippen molar-refractivity contribution in [3.63, 3.8) is 0 Å². The van der Waals surface area contributed by atoms with Crippen molar-refractivity contribution < 1.29 is 17.6 Å². The second-order valence-corrected chi connectivity index (χ2v) is 9.96. The van der Waals surface area contributed by atoms with E-state index in [1.165, 1.54) is 43.6 Å². The number of hydrogen-bond donors (Lipinski definition) is 0. The van der Waals surface area contributed by atoms with Crippen LogP contribution in [0.3, 0.4) is 0 Å². The van der Waals surface area contributed by atoms with Crippen LogP contribution in [-0.2, 0) is 10.0 Å². The molecule has 1 aromatic heterocycles. The second kappa shape index (κ2) is 8.06. The molecular formula is C20H22N2O4S2. The lowest BCUT2D eigenvalue weighted by Crippen LogP contribution is -2.22. The van der Waals surface area contributed by atoms with Crippen LogP contribution in [0.15, 0.2) is 57.0 Å². The molecule has 0 bridgehead atoms. The lowest BCUT2D eigenvalue weighted by atomic mass is 10.0. The van der Waals surface area contributed by atoms with Gasteiger partial charge in [-0.15, -0.1) is 0 Å². The van der Waals surface area contributed by atoms with Gasteiger partial charge in [-0.1, -0.05) is 49.9 Å². The predicted octanol–water partition coefficient (Wildman–Crippen LogP) is 4.18. The van der Waals surface area contributed by atoms with E-state index in [0.29, 0.717) is 27.8 Å². The van der Waals surface area contributed by atoms with Gasteiger partial charge < -0.3 is 4.42 Å². The number of rotatable bonds is 7. The minimum absolute atomic E-state index is 0.0153. The van der Waals surface area contributed by atoms with Crippen LogP contribution in [0, 0.1) is 0 Å². The van der Waals surface area contributed by atoms with Gasteiger partial charge in [0.05, 0.1) is 10.6 Å². The molecule has 0 aliphatic rings. The lowest BCUT2D eigenvalue weighted by Gasteiger charge is -2.10. The molecule has 28 heavy (non-hydrogen) atoms. The zero-order valence-corrected chi connectivity index (χ0v) is 17.8. The van der Waals surface area contributed by atoms with Crippen molar-refractivity contribution in [2.75, 3.05) is 19.8 Å². The third-order valence-corrected chi connectivity index (χ3v) is 6.98. The molecule has 0 unspecified atom stereocenters. The van der Waals surface area contributed by atoms with Crippen molar-refractivity contribution >= 4 is 38.7 Å². The fourth-order valence-corrected chi connectivity index (χ4v) is 4.24. The molecule has 0 saturated carbocycles. The number of nitrogens with zero attached hydrogens (tertiary/aromatic N) is 2. The van der Waals surface area contributed by atoms with E-state index in [2.05, 4.69) is 18.8 Å². The molecular weight excluding hydrogens is 396 g/mol.